The van der Waals surface area contributed by atoms with E-state index in [1.54, 1.807) is 18.2 Å². The molecular formula is C10H14N2O2. The minimum atomic E-state index is -0.187. The van der Waals surface area contributed by atoms with Crippen LogP contribution in [0.1, 0.15) is 12.0 Å². The summed E-state index contributed by atoms with van der Waals surface area (Å²) in [7, 11) is 0. The molecule has 0 aliphatic heterocycles. The summed E-state index contributed by atoms with van der Waals surface area (Å²) < 4.78 is 0. The first-order valence-corrected chi connectivity index (χ1v) is 4.43. The van der Waals surface area contributed by atoms with Gasteiger partial charge in [0.15, 0.2) is 0 Å². The molecule has 0 radical (unpaired) electrons. The number of hydrogen-bond donors (Lipinski definition) is 3. The van der Waals surface area contributed by atoms with Crippen LogP contribution in [-0.2, 0) is 4.79 Å². The number of nitrogens with two attached hydrogens (primary N) is 1. The third-order valence-corrected chi connectivity index (χ3v) is 1.80. The Bertz CT molecular complexity index is 337. The molecule has 4 heteroatoms. The van der Waals surface area contributed by atoms with Gasteiger partial charge in [0.2, 0.25) is 5.91 Å². The summed E-state index contributed by atoms with van der Waals surface area (Å²) in [5.74, 6) is -0.116. The third-order valence-electron chi connectivity index (χ3n) is 1.80. The molecule has 14 heavy (non-hydrogen) atoms. The number of aromatic hydroxyl groups is 1. The van der Waals surface area contributed by atoms with Crippen molar-refractivity contribution in [3.05, 3.63) is 23.8 Å². The van der Waals surface area contributed by atoms with E-state index in [2.05, 4.69) is 5.32 Å². The van der Waals surface area contributed by atoms with Crippen LogP contribution < -0.4 is 11.1 Å². The van der Waals surface area contributed by atoms with Gasteiger partial charge in [0.1, 0.15) is 5.75 Å². The molecule has 0 heterocycles. The van der Waals surface area contributed by atoms with Crippen LogP contribution in [0.15, 0.2) is 18.2 Å². The van der Waals surface area contributed by atoms with Gasteiger partial charge in [-0.1, -0.05) is 6.07 Å². The molecule has 76 valence electrons. The van der Waals surface area contributed by atoms with Crippen LogP contribution in [0.4, 0.5) is 5.69 Å². The number of aryl methyl sites for hydroxylation is 1. The second-order valence-corrected chi connectivity index (χ2v) is 3.11. The second-order valence-electron chi connectivity index (χ2n) is 3.11. The summed E-state index contributed by atoms with van der Waals surface area (Å²) in [5.41, 5.74) is 6.64. The topological polar surface area (TPSA) is 75.3 Å². The predicted octanol–water partition coefficient (Wildman–Crippen LogP) is 0.988. The van der Waals surface area contributed by atoms with Gasteiger partial charge in [0.05, 0.1) is 5.69 Å². The van der Waals surface area contributed by atoms with Crippen molar-refractivity contribution in [2.45, 2.75) is 13.3 Å². The Balaban J connectivity index is 2.75. The minimum Gasteiger partial charge on any atom is -0.506 e. The van der Waals surface area contributed by atoms with E-state index in [0.29, 0.717) is 12.2 Å². The van der Waals surface area contributed by atoms with E-state index in [9.17, 15) is 9.90 Å². The second kappa shape index (κ2) is 4.62. The molecule has 0 bridgehead atoms. The molecule has 1 aromatic rings. The monoisotopic (exact) mass is 194 g/mol. The smallest absolute Gasteiger partial charge is 0.225 e. The van der Waals surface area contributed by atoms with Crippen LogP contribution in [0.3, 0.4) is 0 Å². The summed E-state index contributed by atoms with van der Waals surface area (Å²) in [5, 5.41) is 12.0. The highest BCUT2D eigenvalue weighted by Crippen LogP contribution is 2.23. The minimum absolute atomic E-state index is 0.0703. The zero-order chi connectivity index (χ0) is 10.6. The molecule has 0 saturated heterocycles. The van der Waals surface area contributed by atoms with Crippen molar-refractivity contribution in [1.82, 2.24) is 0 Å². The summed E-state index contributed by atoms with van der Waals surface area (Å²) in [6.07, 6.45) is 0.257. The normalized spacial score (nSPS) is 9.86. The largest absolute Gasteiger partial charge is 0.506 e. The van der Waals surface area contributed by atoms with E-state index in [-0.39, 0.29) is 18.1 Å². The highest BCUT2D eigenvalue weighted by atomic mass is 16.3. The molecule has 0 aliphatic rings. The number of carbonyl (C=O) groups excluding carboxylic acids is 1. The number of nitrogens with one attached hydrogen (secondary N) is 1. The number of phenolic OH excluding ortho intramolecular Hbond substituents is 1. The number of phenols is 1. The lowest BCUT2D eigenvalue weighted by molar-refractivity contribution is -0.116. The molecule has 0 spiro atoms. The lowest BCUT2D eigenvalue weighted by Crippen LogP contribution is -2.16. The van der Waals surface area contributed by atoms with Crippen LogP contribution in [0.25, 0.3) is 0 Å². The van der Waals surface area contributed by atoms with Crippen molar-refractivity contribution in [3.8, 4) is 5.75 Å². The highest BCUT2D eigenvalue weighted by Gasteiger charge is 2.05. The number of benzene rings is 1. The van der Waals surface area contributed by atoms with Crippen molar-refractivity contribution in [2.24, 2.45) is 5.73 Å². The maximum atomic E-state index is 11.2. The van der Waals surface area contributed by atoms with Crippen LogP contribution in [-0.4, -0.2) is 17.6 Å². The van der Waals surface area contributed by atoms with Crippen LogP contribution >= 0.6 is 0 Å². The maximum Gasteiger partial charge on any atom is 0.225 e. The first-order valence-electron chi connectivity index (χ1n) is 4.43. The van der Waals surface area contributed by atoms with E-state index < -0.39 is 0 Å². The molecule has 1 amide bonds. The highest BCUT2D eigenvalue weighted by molar-refractivity contribution is 5.92. The van der Waals surface area contributed by atoms with Gasteiger partial charge in [0, 0.05) is 13.0 Å². The standard InChI is InChI=1S/C10H14N2O2/c1-7-2-3-9(13)8(6-7)12-10(14)4-5-11/h2-3,6,13H,4-5,11H2,1H3,(H,12,14). The lowest BCUT2D eigenvalue weighted by Gasteiger charge is -2.07. The Labute approximate surface area is 82.7 Å². The molecule has 0 atom stereocenters. The summed E-state index contributed by atoms with van der Waals surface area (Å²) in [6, 6.07) is 5.03. The Morgan fingerprint density at radius 1 is 1.57 bits per heavy atom. The molecule has 0 fully saturated rings. The fraction of sp³-hybridized carbons (Fsp3) is 0.300. The molecular weight excluding hydrogens is 180 g/mol. The molecule has 1 rings (SSSR count). The predicted molar refractivity (Wildman–Crippen MR) is 55.1 cm³/mol. The number of amides is 1. The average molecular weight is 194 g/mol. The van der Waals surface area contributed by atoms with Crippen molar-refractivity contribution in [1.29, 1.82) is 0 Å². The van der Waals surface area contributed by atoms with Gasteiger partial charge < -0.3 is 16.2 Å². The maximum absolute atomic E-state index is 11.2. The zero-order valence-electron chi connectivity index (χ0n) is 8.08. The molecule has 0 aromatic heterocycles. The van der Waals surface area contributed by atoms with Crippen molar-refractivity contribution < 1.29 is 9.90 Å². The summed E-state index contributed by atoms with van der Waals surface area (Å²) in [6.45, 7) is 2.19. The zero-order valence-corrected chi connectivity index (χ0v) is 8.08. The van der Waals surface area contributed by atoms with E-state index in [4.69, 9.17) is 5.73 Å². The average Bonchev–Trinajstić information content (AvgIpc) is 2.12. The van der Waals surface area contributed by atoms with Gasteiger partial charge in [0.25, 0.3) is 0 Å². The van der Waals surface area contributed by atoms with Gasteiger partial charge in [-0.25, -0.2) is 0 Å². The molecule has 0 aliphatic carbocycles. The van der Waals surface area contributed by atoms with Crippen molar-refractivity contribution >= 4 is 11.6 Å². The Hall–Kier alpha value is -1.55. The van der Waals surface area contributed by atoms with Gasteiger partial charge in [-0.3, -0.25) is 4.79 Å². The SMILES string of the molecule is Cc1ccc(O)c(NC(=O)CCN)c1. The molecule has 4 N–H and O–H groups in total. The van der Waals surface area contributed by atoms with Crippen molar-refractivity contribution in [3.63, 3.8) is 0 Å². The first-order chi connectivity index (χ1) is 6.63. The molecule has 0 unspecified atom stereocenters. The Morgan fingerprint density at radius 2 is 2.29 bits per heavy atom. The lowest BCUT2D eigenvalue weighted by atomic mass is 10.2. The van der Waals surface area contributed by atoms with Gasteiger partial charge in [-0.15, -0.1) is 0 Å². The summed E-state index contributed by atoms with van der Waals surface area (Å²) in [4.78, 5) is 11.2. The Kier molecular flexibility index (Phi) is 3.48. The fourth-order valence-corrected chi connectivity index (χ4v) is 1.09. The molecule has 4 nitrogen and oxygen atoms in total. The summed E-state index contributed by atoms with van der Waals surface area (Å²) >= 11 is 0. The van der Waals surface area contributed by atoms with Crippen LogP contribution in [0.5, 0.6) is 5.75 Å². The Morgan fingerprint density at radius 3 is 2.93 bits per heavy atom. The van der Waals surface area contributed by atoms with Gasteiger partial charge >= 0.3 is 0 Å². The van der Waals surface area contributed by atoms with Crippen LogP contribution in [0, 0.1) is 6.92 Å². The van der Waals surface area contributed by atoms with E-state index in [1.165, 1.54) is 0 Å². The first kappa shape index (κ1) is 10.5. The third kappa shape index (κ3) is 2.74. The van der Waals surface area contributed by atoms with Gasteiger partial charge in [-0.2, -0.15) is 0 Å². The number of rotatable bonds is 3. The number of carbonyl (C=O) groups is 1. The van der Waals surface area contributed by atoms with Gasteiger partial charge in [-0.05, 0) is 24.6 Å². The van der Waals surface area contributed by atoms with Crippen molar-refractivity contribution in [2.75, 3.05) is 11.9 Å². The quantitative estimate of drug-likeness (QED) is 0.628. The number of hydrogen-bond acceptors (Lipinski definition) is 3. The number of anilines is 1. The van der Waals surface area contributed by atoms with E-state index >= 15 is 0 Å². The van der Waals surface area contributed by atoms with E-state index in [1.807, 2.05) is 6.92 Å². The van der Waals surface area contributed by atoms with E-state index in [0.717, 1.165) is 5.56 Å². The fourth-order valence-electron chi connectivity index (χ4n) is 1.09. The molecule has 0 saturated carbocycles. The molecule has 1 aromatic carbocycles. The van der Waals surface area contributed by atoms with Crippen LogP contribution in [0.2, 0.25) is 0 Å².